The van der Waals surface area contributed by atoms with Crippen LogP contribution < -0.4 is 10.0 Å². The molecule has 0 saturated carbocycles. The molecule has 1 aliphatic rings. The van der Waals surface area contributed by atoms with Crippen molar-refractivity contribution in [3.05, 3.63) is 29.8 Å². The van der Waals surface area contributed by atoms with Gasteiger partial charge in [0.25, 0.3) is 0 Å². The minimum absolute atomic E-state index is 0.0325. The summed E-state index contributed by atoms with van der Waals surface area (Å²) in [5.74, 6) is 0. The van der Waals surface area contributed by atoms with Gasteiger partial charge in [0.05, 0.1) is 4.90 Å². The molecule has 0 spiro atoms. The fourth-order valence-electron chi connectivity index (χ4n) is 2.38. The Kier molecular flexibility index (Phi) is 4.60. The summed E-state index contributed by atoms with van der Waals surface area (Å²) in [5, 5.41) is 2.35. The third-order valence-electron chi connectivity index (χ3n) is 3.51. The molecule has 118 valence electrons. The second kappa shape index (κ2) is 5.94. The minimum Gasteiger partial charge on any atom is -0.305 e. The standard InChI is InChI=1S/C13H17F3N2O2S/c1-9-4-2-3-5-11(9)21(19,20)18-10-6-7-12(17-8-10)13(14,15)16/h2-5,10,12,17-18H,6-8H2,1H3. The summed E-state index contributed by atoms with van der Waals surface area (Å²) in [4.78, 5) is 0.156. The van der Waals surface area contributed by atoms with Crippen LogP contribution in [0.5, 0.6) is 0 Å². The highest BCUT2D eigenvalue weighted by atomic mass is 32.2. The van der Waals surface area contributed by atoms with Crippen LogP contribution in [0.2, 0.25) is 0 Å². The molecule has 1 heterocycles. The Bertz CT molecular complexity index is 594. The van der Waals surface area contributed by atoms with E-state index in [4.69, 9.17) is 0 Å². The van der Waals surface area contributed by atoms with Crippen LogP contribution in [-0.2, 0) is 10.0 Å². The second-order valence-electron chi connectivity index (χ2n) is 5.16. The normalized spacial score (nSPS) is 24.0. The van der Waals surface area contributed by atoms with Crippen molar-refractivity contribution in [3.8, 4) is 0 Å². The first-order valence-corrected chi connectivity index (χ1v) is 8.06. The Labute approximate surface area is 121 Å². The van der Waals surface area contributed by atoms with Gasteiger partial charge in [-0.3, -0.25) is 0 Å². The van der Waals surface area contributed by atoms with Gasteiger partial charge in [-0.1, -0.05) is 18.2 Å². The number of hydrogen-bond acceptors (Lipinski definition) is 3. The number of hydrogen-bond donors (Lipinski definition) is 2. The van der Waals surface area contributed by atoms with Gasteiger partial charge in [0, 0.05) is 12.6 Å². The maximum absolute atomic E-state index is 12.5. The molecule has 21 heavy (non-hydrogen) atoms. The molecule has 0 amide bonds. The lowest BCUT2D eigenvalue weighted by atomic mass is 10.0. The van der Waals surface area contributed by atoms with Crippen LogP contribution in [0.3, 0.4) is 0 Å². The number of piperidine rings is 1. The second-order valence-corrected chi connectivity index (χ2v) is 6.85. The zero-order valence-electron chi connectivity index (χ0n) is 11.4. The molecule has 2 N–H and O–H groups in total. The summed E-state index contributed by atoms with van der Waals surface area (Å²) in [7, 11) is -3.71. The van der Waals surface area contributed by atoms with Gasteiger partial charge in [-0.25, -0.2) is 13.1 Å². The Morgan fingerprint density at radius 1 is 1.24 bits per heavy atom. The first-order valence-electron chi connectivity index (χ1n) is 6.58. The highest BCUT2D eigenvalue weighted by molar-refractivity contribution is 7.89. The smallest absolute Gasteiger partial charge is 0.305 e. The van der Waals surface area contributed by atoms with Gasteiger partial charge < -0.3 is 5.32 Å². The molecule has 2 atom stereocenters. The van der Waals surface area contributed by atoms with Crippen LogP contribution in [0.15, 0.2) is 29.2 Å². The van der Waals surface area contributed by atoms with E-state index < -0.39 is 28.3 Å². The van der Waals surface area contributed by atoms with Crippen molar-refractivity contribution in [2.75, 3.05) is 6.54 Å². The lowest BCUT2D eigenvalue weighted by molar-refractivity contribution is -0.160. The molecule has 0 bridgehead atoms. The number of rotatable bonds is 3. The molecule has 1 aliphatic heterocycles. The topological polar surface area (TPSA) is 58.2 Å². The van der Waals surface area contributed by atoms with Crippen LogP contribution in [0.4, 0.5) is 13.2 Å². The van der Waals surface area contributed by atoms with E-state index in [-0.39, 0.29) is 24.3 Å². The van der Waals surface area contributed by atoms with Gasteiger partial charge in [-0.15, -0.1) is 0 Å². The maximum Gasteiger partial charge on any atom is 0.403 e. The Morgan fingerprint density at radius 2 is 1.90 bits per heavy atom. The van der Waals surface area contributed by atoms with Crippen LogP contribution >= 0.6 is 0 Å². The Morgan fingerprint density at radius 3 is 2.43 bits per heavy atom. The Balaban J connectivity index is 2.02. The fraction of sp³-hybridized carbons (Fsp3) is 0.538. The molecular formula is C13H17F3N2O2S. The van der Waals surface area contributed by atoms with Crippen molar-refractivity contribution in [2.45, 2.75) is 42.9 Å². The third-order valence-corrected chi connectivity index (χ3v) is 5.20. The molecule has 2 unspecified atom stereocenters. The van der Waals surface area contributed by atoms with Gasteiger partial charge in [-0.2, -0.15) is 13.2 Å². The highest BCUT2D eigenvalue weighted by Gasteiger charge is 2.41. The monoisotopic (exact) mass is 322 g/mol. The molecule has 8 heteroatoms. The molecule has 1 saturated heterocycles. The number of sulfonamides is 1. The number of alkyl halides is 3. The Hall–Kier alpha value is -1.12. The third kappa shape index (κ3) is 3.96. The number of nitrogens with one attached hydrogen (secondary N) is 2. The van der Waals surface area contributed by atoms with E-state index in [0.717, 1.165) is 0 Å². The largest absolute Gasteiger partial charge is 0.403 e. The van der Waals surface area contributed by atoms with Crippen molar-refractivity contribution in [1.82, 2.24) is 10.0 Å². The predicted molar refractivity (Wildman–Crippen MR) is 72.4 cm³/mol. The first-order chi connectivity index (χ1) is 9.70. The van der Waals surface area contributed by atoms with Gasteiger partial charge in [0.1, 0.15) is 6.04 Å². The summed E-state index contributed by atoms with van der Waals surface area (Å²) >= 11 is 0. The number of benzene rings is 1. The van der Waals surface area contributed by atoms with Crippen molar-refractivity contribution >= 4 is 10.0 Å². The summed E-state index contributed by atoms with van der Waals surface area (Å²) in [6.07, 6.45) is -4.27. The quantitative estimate of drug-likeness (QED) is 0.894. The predicted octanol–water partition coefficient (Wildman–Crippen LogP) is 1.96. The van der Waals surface area contributed by atoms with Crippen LogP contribution in [0, 0.1) is 6.92 Å². The van der Waals surface area contributed by atoms with Crippen molar-refractivity contribution in [3.63, 3.8) is 0 Å². The summed E-state index contributed by atoms with van der Waals surface area (Å²) < 4.78 is 64.5. The molecule has 0 aliphatic carbocycles. The molecule has 4 nitrogen and oxygen atoms in total. The molecular weight excluding hydrogens is 305 g/mol. The van der Waals surface area contributed by atoms with E-state index in [1.165, 1.54) is 6.07 Å². The van der Waals surface area contributed by atoms with Crippen LogP contribution in [-0.4, -0.2) is 33.2 Å². The van der Waals surface area contributed by atoms with Crippen LogP contribution in [0.1, 0.15) is 18.4 Å². The molecule has 1 aromatic carbocycles. The minimum atomic E-state index is -4.29. The SMILES string of the molecule is Cc1ccccc1S(=O)(=O)NC1CCC(C(F)(F)F)NC1. The lowest BCUT2D eigenvalue weighted by Crippen LogP contribution is -2.54. The number of halogens is 3. The first kappa shape index (κ1) is 16.3. The summed E-state index contributed by atoms with van der Waals surface area (Å²) in [5.41, 5.74) is 0.599. The van der Waals surface area contributed by atoms with E-state index >= 15 is 0 Å². The van der Waals surface area contributed by atoms with Gasteiger partial charge in [0.15, 0.2) is 0 Å². The van der Waals surface area contributed by atoms with E-state index in [9.17, 15) is 21.6 Å². The zero-order valence-corrected chi connectivity index (χ0v) is 12.3. The summed E-state index contributed by atoms with van der Waals surface area (Å²) in [6, 6.07) is 4.40. The fourth-order valence-corrected chi connectivity index (χ4v) is 3.89. The lowest BCUT2D eigenvalue weighted by Gasteiger charge is -2.31. The van der Waals surface area contributed by atoms with Crippen molar-refractivity contribution in [1.29, 1.82) is 0 Å². The van der Waals surface area contributed by atoms with Crippen LogP contribution in [0.25, 0.3) is 0 Å². The van der Waals surface area contributed by atoms with Gasteiger partial charge in [-0.05, 0) is 31.4 Å². The van der Waals surface area contributed by atoms with E-state index in [2.05, 4.69) is 10.0 Å². The molecule has 2 rings (SSSR count). The number of aryl methyl sites for hydroxylation is 1. The summed E-state index contributed by atoms with van der Waals surface area (Å²) in [6.45, 7) is 1.64. The van der Waals surface area contributed by atoms with E-state index in [0.29, 0.717) is 5.56 Å². The molecule has 1 fully saturated rings. The molecule has 0 aromatic heterocycles. The van der Waals surface area contributed by atoms with Gasteiger partial charge >= 0.3 is 6.18 Å². The molecule has 0 radical (unpaired) electrons. The average Bonchev–Trinajstić information content (AvgIpc) is 2.38. The van der Waals surface area contributed by atoms with Gasteiger partial charge in [0.2, 0.25) is 10.0 Å². The van der Waals surface area contributed by atoms with Crippen molar-refractivity contribution in [2.24, 2.45) is 0 Å². The van der Waals surface area contributed by atoms with E-state index in [1.54, 1.807) is 25.1 Å². The average molecular weight is 322 g/mol. The zero-order chi connectivity index (χ0) is 15.7. The maximum atomic E-state index is 12.5. The van der Waals surface area contributed by atoms with Crippen molar-refractivity contribution < 1.29 is 21.6 Å². The molecule has 1 aromatic rings. The van der Waals surface area contributed by atoms with E-state index in [1.807, 2.05) is 0 Å². The highest BCUT2D eigenvalue weighted by Crippen LogP contribution is 2.26.